The fraction of sp³-hybridized carbons (Fsp3) is 0.609. The van der Waals surface area contributed by atoms with Crippen LogP contribution in [0.2, 0.25) is 0 Å². The molecule has 0 atom stereocenters. The predicted octanol–water partition coefficient (Wildman–Crippen LogP) is 3.29. The number of carbonyl (C=O) groups is 1. The van der Waals surface area contributed by atoms with Gasteiger partial charge in [-0.1, -0.05) is 42.3 Å². The normalized spacial score (nSPS) is 20.0. The summed E-state index contributed by atoms with van der Waals surface area (Å²) >= 11 is 0. The highest BCUT2D eigenvalue weighted by Gasteiger charge is 2.51. The summed E-state index contributed by atoms with van der Waals surface area (Å²) in [5, 5.41) is 8.45. The zero-order valence-electron chi connectivity index (χ0n) is 19.9. The third-order valence-electron chi connectivity index (χ3n) is 7.15. The molecule has 1 saturated heterocycles. The summed E-state index contributed by atoms with van der Waals surface area (Å²) in [5.41, 5.74) is 2.52. The van der Waals surface area contributed by atoms with Gasteiger partial charge in [-0.05, 0) is 46.0 Å². The molecule has 0 bridgehead atoms. The van der Waals surface area contributed by atoms with E-state index in [4.69, 9.17) is 14.0 Å². The van der Waals surface area contributed by atoms with Crippen molar-refractivity contribution in [1.82, 2.24) is 19.9 Å². The third kappa shape index (κ3) is 4.28. The van der Waals surface area contributed by atoms with Gasteiger partial charge in [0.15, 0.2) is 0 Å². The largest absolute Gasteiger partial charge is 0.494 e. The van der Waals surface area contributed by atoms with Gasteiger partial charge in [0.05, 0.1) is 11.2 Å². The van der Waals surface area contributed by atoms with Crippen LogP contribution < -0.4 is 5.46 Å². The van der Waals surface area contributed by atoms with Gasteiger partial charge in [-0.2, -0.15) is 0 Å². The lowest BCUT2D eigenvalue weighted by Gasteiger charge is -2.32. The lowest BCUT2D eigenvalue weighted by molar-refractivity contribution is 0.00578. The molecule has 2 aromatic rings. The summed E-state index contributed by atoms with van der Waals surface area (Å²) in [7, 11) is 3.20. The fourth-order valence-electron chi connectivity index (χ4n) is 4.21. The first-order valence-corrected chi connectivity index (χ1v) is 11.3. The summed E-state index contributed by atoms with van der Waals surface area (Å²) in [5.74, 6) is 0. The molecular weight excluding hydrogens is 407 g/mol. The molecule has 0 radical (unpaired) electrons. The second-order valence-electron chi connectivity index (χ2n) is 9.82. The number of amides is 1. The zero-order valence-corrected chi connectivity index (χ0v) is 19.9. The first-order chi connectivity index (χ1) is 15.1. The number of hydrogen-bond donors (Lipinski definition) is 0. The molecule has 1 aromatic carbocycles. The maximum absolute atomic E-state index is 12.5. The molecule has 2 aliphatic rings. The molecule has 1 aliphatic carbocycles. The van der Waals surface area contributed by atoms with Gasteiger partial charge in [-0.25, -0.2) is 9.48 Å². The van der Waals surface area contributed by atoms with Gasteiger partial charge in [0.2, 0.25) is 0 Å². The number of hydrogen-bond acceptors (Lipinski definition) is 6. The molecule has 1 saturated carbocycles. The van der Waals surface area contributed by atoms with E-state index in [9.17, 15) is 4.79 Å². The van der Waals surface area contributed by atoms with Gasteiger partial charge in [0.1, 0.15) is 18.0 Å². The molecule has 1 aromatic heterocycles. The number of aryl methyl sites for hydroxylation is 1. The Morgan fingerprint density at radius 3 is 2.34 bits per heavy atom. The summed E-state index contributed by atoms with van der Waals surface area (Å²) in [4.78, 5) is 14.2. The Hall–Kier alpha value is -2.39. The van der Waals surface area contributed by atoms with Crippen LogP contribution in [0.25, 0.3) is 11.3 Å². The zero-order chi connectivity index (χ0) is 23.1. The van der Waals surface area contributed by atoms with Crippen molar-refractivity contribution in [3.8, 4) is 11.3 Å². The van der Waals surface area contributed by atoms with E-state index < -0.39 is 7.12 Å². The first kappa shape index (κ1) is 22.8. The highest BCUT2D eigenvalue weighted by Crippen LogP contribution is 2.36. The van der Waals surface area contributed by atoms with Gasteiger partial charge in [-0.3, -0.25) is 0 Å². The Morgan fingerprint density at radius 1 is 1.16 bits per heavy atom. The second kappa shape index (κ2) is 8.52. The van der Waals surface area contributed by atoms with E-state index in [1.165, 1.54) is 12.8 Å². The Balaban J connectivity index is 1.45. The lowest BCUT2D eigenvalue weighted by Crippen LogP contribution is -2.41. The average Bonchev–Trinajstić information content (AvgIpc) is 3.45. The van der Waals surface area contributed by atoms with Crippen molar-refractivity contribution in [2.24, 2.45) is 7.05 Å². The van der Waals surface area contributed by atoms with Crippen LogP contribution in [0.1, 0.15) is 59.1 Å². The van der Waals surface area contributed by atoms with Crippen LogP contribution in [-0.4, -0.2) is 57.4 Å². The maximum Gasteiger partial charge on any atom is 0.494 e. The van der Waals surface area contributed by atoms with E-state index in [0.29, 0.717) is 5.69 Å². The Morgan fingerprint density at radius 2 is 1.75 bits per heavy atom. The number of carbonyl (C=O) groups excluding carboxylic acids is 1. The quantitative estimate of drug-likeness (QED) is 0.664. The van der Waals surface area contributed by atoms with Crippen LogP contribution in [-0.2, 0) is 27.7 Å². The number of aromatic nitrogens is 3. The SMILES string of the molecule is CN(C(=O)OCc1c(-c2ccc(B3OC(C)(C)C(C)(C)O3)cc2)nnn1C)C1CCCC1. The minimum absolute atomic E-state index is 0.119. The molecule has 8 nitrogen and oxygen atoms in total. The van der Waals surface area contributed by atoms with Crippen molar-refractivity contribution in [1.29, 1.82) is 0 Å². The van der Waals surface area contributed by atoms with E-state index in [2.05, 4.69) is 10.3 Å². The van der Waals surface area contributed by atoms with Crippen LogP contribution in [0.4, 0.5) is 4.79 Å². The van der Waals surface area contributed by atoms with Crippen molar-refractivity contribution < 1.29 is 18.8 Å². The first-order valence-electron chi connectivity index (χ1n) is 11.3. The van der Waals surface area contributed by atoms with Crippen LogP contribution >= 0.6 is 0 Å². The molecule has 4 rings (SSSR count). The fourth-order valence-corrected chi connectivity index (χ4v) is 4.21. The number of nitrogens with zero attached hydrogens (tertiary/aromatic N) is 4. The van der Waals surface area contributed by atoms with Crippen LogP contribution in [0, 0.1) is 0 Å². The summed E-state index contributed by atoms with van der Waals surface area (Å²) in [6.07, 6.45) is 4.11. The molecule has 0 spiro atoms. The van der Waals surface area contributed by atoms with Gasteiger partial charge in [-0.15, -0.1) is 5.10 Å². The molecule has 0 unspecified atom stereocenters. The number of benzene rings is 1. The third-order valence-corrected chi connectivity index (χ3v) is 7.15. The highest BCUT2D eigenvalue weighted by atomic mass is 16.7. The van der Waals surface area contributed by atoms with E-state index in [1.54, 1.807) is 16.6 Å². The minimum atomic E-state index is -0.414. The lowest BCUT2D eigenvalue weighted by atomic mass is 9.78. The Kier molecular flexibility index (Phi) is 6.07. The van der Waals surface area contributed by atoms with Crippen LogP contribution in [0.5, 0.6) is 0 Å². The van der Waals surface area contributed by atoms with Crippen molar-refractivity contribution >= 4 is 18.7 Å². The Bertz CT molecular complexity index is 951. The molecule has 2 heterocycles. The van der Waals surface area contributed by atoms with E-state index in [-0.39, 0.29) is 29.9 Å². The molecule has 1 amide bonds. The van der Waals surface area contributed by atoms with E-state index in [1.807, 2.05) is 59.0 Å². The summed E-state index contributed by atoms with van der Waals surface area (Å²) in [6.45, 7) is 8.28. The maximum atomic E-state index is 12.5. The number of ether oxygens (including phenoxy) is 1. The Labute approximate surface area is 190 Å². The van der Waals surface area contributed by atoms with Crippen molar-refractivity contribution in [2.75, 3.05) is 7.05 Å². The van der Waals surface area contributed by atoms with Crippen LogP contribution in [0.15, 0.2) is 24.3 Å². The monoisotopic (exact) mass is 440 g/mol. The van der Waals surface area contributed by atoms with Crippen molar-refractivity contribution in [2.45, 2.75) is 77.2 Å². The summed E-state index contributed by atoms with van der Waals surface area (Å²) in [6, 6.07) is 8.18. The molecule has 1 aliphatic heterocycles. The molecule has 32 heavy (non-hydrogen) atoms. The predicted molar refractivity (Wildman–Crippen MR) is 122 cm³/mol. The standard InChI is InChI=1S/C23H33BN4O4/c1-22(2)23(3,4)32-24(31-22)17-13-11-16(12-14-17)20-19(28(6)26-25-20)15-30-21(29)27(5)18-9-7-8-10-18/h11-14,18H,7-10,15H2,1-6H3. The highest BCUT2D eigenvalue weighted by molar-refractivity contribution is 6.62. The van der Waals surface area contributed by atoms with Crippen molar-refractivity contribution in [3.05, 3.63) is 30.0 Å². The minimum Gasteiger partial charge on any atom is -0.443 e. The molecule has 0 N–H and O–H groups in total. The second-order valence-corrected chi connectivity index (χ2v) is 9.82. The smallest absolute Gasteiger partial charge is 0.443 e. The molecule has 9 heteroatoms. The van der Waals surface area contributed by atoms with Gasteiger partial charge >= 0.3 is 13.2 Å². The number of rotatable bonds is 5. The van der Waals surface area contributed by atoms with Gasteiger partial charge in [0, 0.05) is 25.7 Å². The van der Waals surface area contributed by atoms with Gasteiger partial charge in [0.25, 0.3) is 0 Å². The molecule has 172 valence electrons. The molecule has 2 fully saturated rings. The van der Waals surface area contributed by atoms with E-state index >= 15 is 0 Å². The van der Waals surface area contributed by atoms with Gasteiger partial charge < -0.3 is 18.9 Å². The topological polar surface area (TPSA) is 78.7 Å². The van der Waals surface area contributed by atoms with E-state index in [0.717, 1.165) is 29.6 Å². The van der Waals surface area contributed by atoms with Crippen molar-refractivity contribution in [3.63, 3.8) is 0 Å². The summed E-state index contributed by atoms with van der Waals surface area (Å²) < 4.78 is 19.5. The van der Waals surface area contributed by atoms with Crippen LogP contribution in [0.3, 0.4) is 0 Å². The molecular formula is C23H33BN4O4. The average molecular weight is 440 g/mol.